The molecule has 0 aliphatic carbocycles. The predicted molar refractivity (Wildman–Crippen MR) is 114 cm³/mol. The summed E-state index contributed by atoms with van der Waals surface area (Å²) in [5, 5.41) is 19.5. The number of nitrogens with zero attached hydrogens (tertiary/aromatic N) is 2. The summed E-state index contributed by atoms with van der Waals surface area (Å²) in [7, 11) is 0. The molecule has 2 aliphatic rings. The Morgan fingerprint density at radius 2 is 1.97 bits per heavy atom. The first-order chi connectivity index (χ1) is 15.0. The molecule has 2 atom stereocenters. The van der Waals surface area contributed by atoms with Gasteiger partial charge in [-0.3, -0.25) is 10.1 Å². The minimum absolute atomic E-state index is 0.0370. The Morgan fingerprint density at radius 1 is 1.16 bits per heavy atom. The molecule has 2 aliphatic heterocycles. The molecule has 1 fully saturated rings. The average Bonchev–Trinajstić information content (AvgIpc) is 3.34. The van der Waals surface area contributed by atoms with Crippen molar-refractivity contribution in [1.29, 1.82) is 0 Å². The summed E-state index contributed by atoms with van der Waals surface area (Å²) < 4.78 is 14.5. The highest BCUT2D eigenvalue weighted by molar-refractivity contribution is 6.33. The van der Waals surface area contributed by atoms with Gasteiger partial charge in [-0.2, -0.15) is 0 Å². The molecule has 7 nitrogen and oxygen atoms in total. The Kier molecular flexibility index (Phi) is 5.05. The van der Waals surface area contributed by atoms with Gasteiger partial charge in [-0.05, 0) is 36.2 Å². The van der Waals surface area contributed by atoms with Gasteiger partial charge < -0.3 is 15.7 Å². The highest BCUT2D eigenvalue weighted by Gasteiger charge is 2.29. The predicted octanol–water partition coefficient (Wildman–Crippen LogP) is 3.38. The number of aromatic nitrogens is 2. The highest BCUT2D eigenvalue weighted by atomic mass is 35.5. The van der Waals surface area contributed by atoms with Crippen molar-refractivity contribution in [3.63, 3.8) is 0 Å². The lowest BCUT2D eigenvalue weighted by molar-refractivity contribution is -0.120. The monoisotopic (exact) mass is 439 g/mol. The van der Waals surface area contributed by atoms with E-state index >= 15 is 0 Å². The number of halogens is 2. The molecule has 9 heteroatoms. The first-order valence-corrected chi connectivity index (χ1v) is 10.3. The Morgan fingerprint density at radius 3 is 2.68 bits per heavy atom. The van der Waals surface area contributed by atoms with Gasteiger partial charge in [0.05, 0.1) is 27.8 Å². The summed E-state index contributed by atoms with van der Waals surface area (Å²) in [5.74, 6) is -0.125. The Hall–Kier alpha value is -3.07. The van der Waals surface area contributed by atoms with Crippen LogP contribution < -0.4 is 16.0 Å². The van der Waals surface area contributed by atoms with Gasteiger partial charge in [0, 0.05) is 18.8 Å². The fourth-order valence-electron chi connectivity index (χ4n) is 4.00. The molecule has 1 aromatic heterocycles. The Labute approximate surface area is 182 Å². The van der Waals surface area contributed by atoms with Crippen molar-refractivity contribution in [3.8, 4) is 11.4 Å². The first kappa shape index (κ1) is 19.9. The Balaban J connectivity index is 1.51. The molecule has 1 unspecified atom stereocenters. The molecule has 31 heavy (non-hydrogen) atoms. The van der Waals surface area contributed by atoms with Crippen LogP contribution in [0.25, 0.3) is 11.4 Å². The molecule has 4 N–H and O–H groups in total. The van der Waals surface area contributed by atoms with Crippen LogP contribution in [0.5, 0.6) is 0 Å². The van der Waals surface area contributed by atoms with Crippen LogP contribution in [0.15, 0.2) is 42.5 Å². The second-order valence-electron chi connectivity index (χ2n) is 7.52. The fraction of sp³-hybridized carbons (Fsp3) is 0.227. The number of carbonyl (C=O) groups excluding carboxylic acids is 1. The molecule has 5 rings (SSSR count). The van der Waals surface area contributed by atoms with Gasteiger partial charge in [-0.1, -0.05) is 29.8 Å². The minimum Gasteiger partial charge on any atom is -0.374 e. The largest absolute Gasteiger partial charge is 0.374 e. The van der Waals surface area contributed by atoms with E-state index in [1.54, 1.807) is 6.07 Å². The van der Waals surface area contributed by atoms with Crippen LogP contribution in [0.4, 0.5) is 15.9 Å². The molecular formula is C22H19ClFN5O2. The van der Waals surface area contributed by atoms with Crippen LogP contribution in [-0.4, -0.2) is 27.5 Å². The molecule has 0 bridgehead atoms. The van der Waals surface area contributed by atoms with Gasteiger partial charge in [-0.25, -0.2) is 14.4 Å². The summed E-state index contributed by atoms with van der Waals surface area (Å²) in [6, 6.07) is 11.9. The lowest BCUT2D eigenvalue weighted by Gasteiger charge is -2.15. The maximum Gasteiger partial charge on any atom is 0.227 e. The number of hydrogen-bond acceptors (Lipinski definition) is 6. The van der Waals surface area contributed by atoms with Crippen LogP contribution in [0, 0.1) is 5.82 Å². The van der Waals surface area contributed by atoms with E-state index in [0.29, 0.717) is 35.9 Å². The minimum atomic E-state index is -0.941. The number of fused-ring (bicyclic) bond motifs is 1. The molecule has 0 saturated carbocycles. The van der Waals surface area contributed by atoms with Gasteiger partial charge in [-0.15, -0.1) is 0 Å². The number of carbonyl (C=O) groups is 1. The molecule has 2 aromatic carbocycles. The van der Waals surface area contributed by atoms with Crippen LogP contribution in [0.2, 0.25) is 5.02 Å². The Bertz CT molecular complexity index is 1150. The number of amides is 1. The lowest BCUT2D eigenvalue weighted by Crippen LogP contribution is -2.17. The normalized spacial score (nSPS) is 19.9. The number of hydrogen-bond donors (Lipinski definition) is 4. The van der Waals surface area contributed by atoms with Gasteiger partial charge in [0.25, 0.3) is 0 Å². The lowest BCUT2D eigenvalue weighted by atomic mass is 9.97. The first-order valence-electron chi connectivity index (χ1n) is 9.92. The van der Waals surface area contributed by atoms with Gasteiger partial charge in [0.15, 0.2) is 5.82 Å². The second-order valence-corrected chi connectivity index (χ2v) is 7.92. The standard InChI is InChI=1S/C22H19ClFN5O2/c23-14-2-1-3-15(24)17(14)19-28-16-10-26-22(31)18(16)20(29-19)27-12-6-4-11(5-7-12)13-8-9-25-21(13)30/h1-7,13,22,26,31H,8-10H2,(H,25,30)(H,27,28,29)/t13-,22?/m0/s1. The van der Waals surface area contributed by atoms with E-state index in [1.807, 2.05) is 24.3 Å². The van der Waals surface area contributed by atoms with E-state index in [0.717, 1.165) is 12.0 Å². The quantitative estimate of drug-likeness (QED) is 0.497. The van der Waals surface area contributed by atoms with E-state index < -0.39 is 12.0 Å². The smallest absolute Gasteiger partial charge is 0.227 e. The van der Waals surface area contributed by atoms with Gasteiger partial charge >= 0.3 is 0 Å². The average molecular weight is 440 g/mol. The van der Waals surface area contributed by atoms with Crippen LogP contribution in [0.1, 0.15) is 35.4 Å². The fourth-order valence-corrected chi connectivity index (χ4v) is 4.25. The topological polar surface area (TPSA) is 99.2 Å². The zero-order valence-electron chi connectivity index (χ0n) is 16.3. The number of rotatable bonds is 4. The van der Waals surface area contributed by atoms with Crippen LogP contribution >= 0.6 is 11.6 Å². The second kappa shape index (κ2) is 7.88. The number of aliphatic hydroxyl groups is 1. The number of nitrogens with one attached hydrogen (secondary N) is 3. The van der Waals surface area contributed by atoms with E-state index in [4.69, 9.17) is 11.6 Å². The van der Waals surface area contributed by atoms with Crippen LogP contribution in [0.3, 0.4) is 0 Å². The maximum atomic E-state index is 14.5. The summed E-state index contributed by atoms with van der Waals surface area (Å²) >= 11 is 6.21. The molecule has 3 heterocycles. The summed E-state index contributed by atoms with van der Waals surface area (Å²) in [5.41, 5.74) is 2.84. The van der Waals surface area contributed by atoms with E-state index in [9.17, 15) is 14.3 Å². The molecule has 0 spiro atoms. The third-order valence-corrected chi connectivity index (χ3v) is 5.89. The van der Waals surface area contributed by atoms with Crippen molar-refractivity contribution in [2.24, 2.45) is 0 Å². The summed E-state index contributed by atoms with van der Waals surface area (Å²) in [6.45, 7) is 1.01. The van der Waals surface area contributed by atoms with Crippen molar-refractivity contribution in [3.05, 3.63) is 70.1 Å². The highest BCUT2D eigenvalue weighted by Crippen LogP contribution is 2.35. The van der Waals surface area contributed by atoms with Crippen LogP contribution in [-0.2, 0) is 11.3 Å². The number of aliphatic hydroxyl groups excluding tert-OH is 1. The summed E-state index contributed by atoms with van der Waals surface area (Å²) in [6.07, 6.45) is -0.167. The molecule has 1 saturated heterocycles. The van der Waals surface area contributed by atoms with E-state index in [-0.39, 0.29) is 28.2 Å². The number of benzene rings is 2. The molecular weight excluding hydrogens is 421 g/mol. The van der Waals surface area contributed by atoms with Crippen molar-refractivity contribution in [2.75, 3.05) is 11.9 Å². The van der Waals surface area contributed by atoms with Crippen molar-refractivity contribution in [2.45, 2.75) is 25.1 Å². The zero-order valence-corrected chi connectivity index (χ0v) is 17.1. The third-order valence-electron chi connectivity index (χ3n) is 5.57. The third kappa shape index (κ3) is 3.63. The zero-order chi connectivity index (χ0) is 21.5. The summed E-state index contributed by atoms with van der Waals surface area (Å²) in [4.78, 5) is 20.8. The van der Waals surface area contributed by atoms with Gasteiger partial charge in [0.2, 0.25) is 5.91 Å². The SMILES string of the molecule is O=C1NCC[C@H]1c1ccc(Nc2nc(-c3c(F)cccc3Cl)nc3c2C(O)NC3)cc1. The maximum absolute atomic E-state index is 14.5. The van der Waals surface area contributed by atoms with Crippen molar-refractivity contribution in [1.82, 2.24) is 20.6 Å². The van der Waals surface area contributed by atoms with Gasteiger partial charge in [0.1, 0.15) is 17.9 Å². The number of anilines is 2. The van der Waals surface area contributed by atoms with E-state index in [2.05, 4.69) is 25.9 Å². The van der Waals surface area contributed by atoms with E-state index in [1.165, 1.54) is 12.1 Å². The molecule has 0 radical (unpaired) electrons. The molecule has 3 aromatic rings. The van der Waals surface area contributed by atoms with Crippen molar-refractivity contribution < 1.29 is 14.3 Å². The molecule has 158 valence electrons. The van der Waals surface area contributed by atoms with Crippen molar-refractivity contribution >= 4 is 29.0 Å². The molecule has 1 amide bonds.